The van der Waals surface area contributed by atoms with Crippen LogP contribution in [0.3, 0.4) is 0 Å². The lowest BCUT2D eigenvalue weighted by Crippen LogP contribution is -2.08. The number of aromatic nitrogens is 2. The second-order valence-corrected chi connectivity index (χ2v) is 4.65. The van der Waals surface area contributed by atoms with E-state index in [1.165, 1.54) is 12.1 Å². The van der Waals surface area contributed by atoms with E-state index in [0.717, 1.165) is 6.07 Å². The van der Waals surface area contributed by atoms with Crippen molar-refractivity contribution in [3.05, 3.63) is 34.1 Å². The Hall–Kier alpha value is -1.41. The second kappa shape index (κ2) is 5.30. The van der Waals surface area contributed by atoms with Crippen molar-refractivity contribution in [1.29, 1.82) is 0 Å². The molecule has 0 bridgehead atoms. The summed E-state index contributed by atoms with van der Waals surface area (Å²) >= 11 is 3.01. The first-order chi connectivity index (χ1) is 8.91. The molecule has 0 spiro atoms. The van der Waals surface area contributed by atoms with Gasteiger partial charge in [0.1, 0.15) is 0 Å². The Labute approximate surface area is 115 Å². The average Bonchev–Trinajstić information content (AvgIpc) is 2.77. The van der Waals surface area contributed by atoms with Crippen LogP contribution in [0.2, 0.25) is 0 Å². The van der Waals surface area contributed by atoms with Crippen molar-refractivity contribution < 1.29 is 17.7 Å². The summed E-state index contributed by atoms with van der Waals surface area (Å²) in [5.41, 5.74) is -0.952. The lowest BCUT2D eigenvalue weighted by atomic mass is 10.1. The molecule has 0 aliphatic heterocycles. The van der Waals surface area contributed by atoms with Crippen molar-refractivity contribution in [3.63, 3.8) is 0 Å². The molecule has 4 nitrogen and oxygen atoms in total. The number of halogens is 4. The number of hydrogen-bond donors (Lipinski definition) is 1. The van der Waals surface area contributed by atoms with Crippen LogP contribution in [0.4, 0.5) is 13.2 Å². The second-order valence-electron chi connectivity index (χ2n) is 3.73. The third kappa shape index (κ3) is 3.13. The average molecular weight is 336 g/mol. The lowest BCUT2D eigenvalue weighted by Gasteiger charge is -2.10. The third-order valence-corrected chi connectivity index (χ3v) is 2.81. The molecule has 0 unspecified atom stereocenters. The number of nitrogens with zero attached hydrogens (tertiary/aromatic N) is 2. The lowest BCUT2D eigenvalue weighted by molar-refractivity contribution is -0.137. The van der Waals surface area contributed by atoms with E-state index in [4.69, 9.17) is 4.52 Å². The topological polar surface area (TPSA) is 51.0 Å². The number of nitrogens with one attached hydrogen (secondary N) is 1. The molecule has 2 rings (SSSR count). The van der Waals surface area contributed by atoms with Crippen LogP contribution in [0, 0.1) is 0 Å². The van der Waals surface area contributed by atoms with Crippen molar-refractivity contribution in [1.82, 2.24) is 15.5 Å². The Kier molecular flexibility index (Phi) is 3.91. The van der Waals surface area contributed by atoms with E-state index in [1.807, 2.05) is 0 Å². The highest BCUT2D eigenvalue weighted by Crippen LogP contribution is 2.38. The Bertz CT molecular complexity index is 583. The van der Waals surface area contributed by atoms with Gasteiger partial charge in [-0.2, -0.15) is 18.2 Å². The van der Waals surface area contributed by atoms with Crippen molar-refractivity contribution in [3.8, 4) is 11.5 Å². The van der Waals surface area contributed by atoms with Crippen molar-refractivity contribution in [2.45, 2.75) is 12.7 Å². The van der Waals surface area contributed by atoms with Crippen LogP contribution in [0.1, 0.15) is 11.4 Å². The number of hydrogen-bond acceptors (Lipinski definition) is 4. The Balaban J connectivity index is 2.48. The maximum Gasteiger partial charge on any atom is 0.417 e. The van der Waals surface area contributed by atoms with E-state index in [-0.39, 0.29) is 11.5 Å². The first kappa shape index (κ1) is 14.0. The van der Waals surface area contributed by atoms with Crippen LogP contribution in [-0.2, 0) is 12.7 Å². The fraction of sp³-hybridized carbons (Fsp3) is 0.273. The van der Waals surface area contributed by atoms with Gasteiger partial charge in [-0.15, -0.1) is 0 Å². The summed E-state index contributed by atoms with van der Waals surface area (Å²) in [5.74, 6) is 0.151. The van der Waals surface area contributed by atoms with Gasteiger partial charge in [0, 0.05) is 4.47 Å². The standard InChI is InChI=1S/C11H9BrF3N3O/c1-16-5-9-17-10(19-18-9)7-3-2-6(12)4-8(7)11(13,14)15/h2-4,16H,5H2,1H3. The van der Waals surface area contributed by atoms with Gasteiger partial charge in [-0.1, -0.05) is 21.1 Å². The highest BCUT2D eigenvalue weighted by Gasteiger charge is 2.35. The van der Waals surface area contributed by atoms with Crippen LogP contribution in [0.5, 0.6) is 0 Å². The molecule has 102 valence electrons. The summed E-state index contributed by atoms with van der Waals surface area (Å²) in [4.78, 5) is 3.92. The van der Waals surface area contributed by atoms with Gasteiger partial charge in [-0.25, -0.2) is 0 Å². The largest absolute Gasteiger partial charge is 0.417 e. The monoisotopic (exact) mass is 335 g/mol. The van der Waals surface area contributed by atoms with Gasteiger partial charge in [0.25, 0.3) is 5.89 Å². The van der Waals surface area contributed by atoms with Gasteiger partial charge in [0.2, 0.25) is 0 Å². The molecular formula is C11H9BrF3N3O. The van der Waals surface area contributed by atoms with Crippen molar-refractivity contribution in [2.75, 3.05) is 7.05 Å². The SMILES string of the molecule is CNCc1noc(-c2ccc(Br)cc2C(F)(F)F)n1. The van der Waals surface area contributed by atoms with Crippen molar-refractivity contribution >= 4 is 15.9 Å². The summed E-state index contributed by atoms with van der Waals surface area (Å²) in [6.07, 6.45) is -4.49. The molecule has 1 heterocycles. The van der Waals surface area contributed by atoms with Crippen LogP contribution >= 0.6 is 15.9 Å². The molecule has 2 aromatic rings. The molecule has 0 radical (unpaired) electrons. The number of alkyl halides is 3. The van der Waals surface area contributed by atoms with Crippen LogP contribution in [-0.4, -0.2) is 17.2 Å². The van der Waals surface area contributed by atoms with E-state index < -0.39 is 11.7 Å². The molecule has 0 aliphatic carbocycles. The van der Waals surface area contributed by atoms with Gasteiger partial charge in [-0.3, -0.25) is 0 Å². The zero-order valence-corrected chi connectivity index (χ0v) is 11.3. The Morgan fingerprint density at radius 2 is 2.11 bits per heavy atom. The summed E-state index contributed by atoms with van der Waals surface area (Å²) in [6.45, 7) is 0.321. The molecule has 1 aromatic heterocycles. The zero-order valence-electron chi connectivity index (χ0n) is 9.75. The molecule has 0 saturated carbocycles. The molecule has 0 saturated heterocycles. The third-order valence-electron chi connectivity index (χ3n) is 2.32. The number of benzene rings is 1. The fourth-order valence-corrected chi connectivity index (χ4v) is 1.89. The van der Waals surface area contributed by atoms with Crippen LogP contribution < -0.4 is 5.32 Å². The quantitative estimate of drug-likeness (QED) is 0.935. The van der Waals surface area contributed by atoms with E-state index in [1.54, 1.807) is 7.05 Å². The van der Waals surface area contributed by atoms with Gasteiger partial charge >= 0.3 is 6.18 Å². The molecule has 0 fully saturated rings. The Morgan fingerprint density at radius 3 is 2.74 bits per heavy atom. The van der Waals surface area contributed by atoms with Gasteiger partial charge in [0.05, 0.1) is 17.7 Å². The van der Waals surface area contributed by atoms with Crippen LogP contribution in [0.25, 0.3) is 11.5 Å². The number of rotatable bonds is 3. The predicted octanol–water partition coefficient (Wildman–Crippen LogP) is 3.24. The molecule has 0 atom stereocenters. The molecule has 1 N–H and O–H groups in total. The Morgan fingerprint density at radius 1 is 1.37 bits per heavy atom. The van der Waals surface area contributed by atoms with E-state index in [2.05, 4.69) is 31.4 Å². The first-order valence-corrected chi connectivity index (χ1v) is 6.05. The van der Waals surface area contributed by atoms with Gasteiger partial charge in [-0.05, 0) is 25.2 Å². The van der Waals surface area contributed by atoms with E-state index >= 15 is 0 Å². The first-order valence-electron chi connectivity index (χ1n) is 5.26. The van der Waals surface area contributed by atoms with E-state index in [9.17, 15) is 13.2 Å². The molecule has 0 aliphatic rings. The van der Waals surface area contributed by atoms with Crippen LogP contribution in [0.15, 0.2) is 27.2 Å². The zero-order chi connectivity index (χ0) is 14.0. The van der Waals surface area contributed by atoms with Gasteiger partial charge < -0.3 is 9.84 Å². The van der Waals surface area contributed by atoms with Gasteiger partial charge in [0.15, 0.2) is 5.82 Å². The smallest absolute Gasteiger partial charge is 0.334 e. The minimum Gasteiger partial charge on any atom is -0.334 e. The molecule has 19 heavy (non-hydrogen) atoms. The molecule has 8 heteroatoms. The highest BCUT2D eigenvalue weighted by atomic mass is 79.9. The summed E-state index contributed by atoms with van der Waals surface area (Å²) < 4.78 is 44.0. The van der Waals surface area contributed by atoms with E-state index in [0.29, 0.717) is 16.8 Å². The summed E-state index contributed by atoms with van der Waals surface area (Å²) in [7, 11) is 1.68. The molecule has 0 amide bonds. The summed E-state index contributed by atoms with van der Waals surface area (Å²) in [5, 5.41) is 6.39. The predicted molar refractivity (Wildman–Crippen MR) is 65.2 cm³/mol. The summed E-state index contributed by atoms with van der Waals surface area (Å²) in [6, 6.07) is 3.77. The maximum absolute atomic E-state index is 12.9. The minimum absolute atomic E-state index is 0.134. The molecule has 1 aromatic carbocycles. The highest BCUT2D eigenvalue weighted by molar-refractivity contribution is 9.10. The normalized spacial score (nSPS) is 11.8. The fourth-order valence-electron chi connectivity index (χ4n) is 1.53. The maximum atomic E-state index is 12.9. The molecular weight excluding hydrogens is 327 g/mol. The minimum atomic E-state index is -4.49. The van der Waals surface area contributed by atoms with Crippen molar-refractivity contribution in [2.24, 2.45) is 0 Å².